The van der Waals surface area contributed by atoms with Crippen LogP contribution >= 0.6 is 0 Å². The van der Waals surface area contributed by atoms with Crippen molar-refractivity contribution in [2.75, 3.05) is 13.7 Å². The molecule has 0 aromatic heterocycles. The van der Waals surface area contributed by atoms with Gasteiger partial charge in [0.05, 0.1) is 18.2 Å². The molecule has 2 rings (SSSR count). The summed E-state index contributed by atoms with van der Waals surface area (Å²) in [5.74, 6) is -0.844. The van der Waals surface area contributed by atoms with Gasteiger partial charge in [-0.15, -0.1) is 0 Å². The molecule has 136 valence electrons. The Morgan fingerprint density at radius 3 is 2.16 bits per heavy atom. The van der Waals surface area contributed by atoms with Crippen molar-refractivity contribution < 1.29 is 23.9 Å². The normalized spacial score (nSPS) is 15.9. The fourth-order valence-corrected chi connectivity index (χ4v) is 2.92. The second-order valence-electron chi connectivity index (χ2n) is 6.37. The van der Waals surface area contributed by atoms with E-state index in [4.69, 9.17) is 4.74 Å². The number of ether oxygens (including phenoxy) is 2. The molecule has 1 N–H and O–H groups in total. The van der Waals surface area contributed by atoms with Crippen molar-refractivity contribution in [1.29, 1.82) is 0 Å². The summed E-state index contributed by atoms with van der Waals surface area (Å²) in [7, 11) is 1.29. The van der Waals surface area contributed by atoms with E-state index in [0.717, 1.165) is 12.8 Å². The van der Waals surface area contributed by atoms with Crippen molar-refractivity contribution in [1.82, 2.24) is 5.32 Å². The number of methoxy groups -OCH3 is 1. The van der Waals surface area contributed by atoms with Crippen LogP contribution in [0.15, 0.2) is 24.3 Å². The van der Waals surface area contributed by atoms with E-state index in [2.05, 4.69) is 10.1 Å². The summed E-state index contributed by atoms with van der Waals surface area (Å²) in [6.45, 7) is 2.19. The van der Waals surface area contributed by atoms with Crippen LogP contribution in [-0.2, 0) is 14.3 Å². The van der Waals surface area contributed by atoms with Gasteiger partial charge in [-0.2, -0.15) is 0 Å². The fraction of sp³-hybridized carbons (Fsp3) is 0.526. The van der Waals surface area contributed by atoms with E-state index < -0.39 is 18.0 Å². The molecule has 0 bridgehead atoms. The predicted octanol–water partition coefficient (Wildman–Crippen LogP) is 2.72. The number of hydrogen-bond donors (Lipinski definition) is 1. The standard InChI is InChI=1S/C19H25NO5/c1-13(17(21)20-12-14-6-4-3-5-7-14)25-19(23)16-10-8-15(9-11-16)18(22)24-2/h8-11,13-14H,3-7,12H2,1-2H3,(H,20,21)/t13-/m1/s1. The van der Waals surface area contributed by atoms with E-state index in [0.29, 0.717) is 18.0 Å². The zero-order valence-corrected chi connectivity index (χ0v) is 14.7. The maximum absolute atomic E-state index is 12.1. The van der Waals surface area contributed by atoms with Gasteiger partial charge in [-0.25, -0.2) is 9.59 Å². The Kier molecular flexibility index (Phi) is 6.98. The van der Waals surface area contributed by atoms with E-state index in [-0.39, 0.29) is 11.5 Å². The Hall–Kier alpha value is -2.37. The average molecular weight is 347 g/mol. The minimum atomic E-state index is -0.864. The van der Waals surface area contributed by atoms with Crippen molar-refractivity contribution in [2.24, 2.45) is 5.92 Å². The zero-order chi connectivity index (χ0) is 18.2. The molecule has 1 aliphatic rings. The summed E-state index contributed by atoms with van der Waals surface area (Å²) >= 11 is 0. The third-order valence-corrected chi connectivity index (χ3v) is 4.48. The summed E-state index contributed by atoms with van der Waals surface area (Å²) in [5.41, 5.74) is 0.622. The molecule has 1 saturated carbocycles. The summed E-state index contributed by atoms with van der Waals surface area (Å²) < 4.78 is 9.80. The first kappa shape index (κ1) is 19.0. The van der Waals surface area contributed by atoms with Crippen LogP contribution in [0.4, 0.5) is 0 Å². The lowest BCUT2D eigenvalue weighted by Crippen LogP contribution is -2.38. The smallest absolute Gasteiger partial charge is 0.338 e. The molecule has 1 atom stereocenters. The lowest BCUT2D eigenvalue weighted by Gasteiger charge is -2.22. The monoisotopic (exact) mass is 347 g/mol. The number of nitrogens with one attached hydrogen (secondary N) is 1. The van der Waals surface area contributed by atoms with Gasteiger partial charge in [0.25, 0.3) is 5.91 Å². The largest absolute Gasteiger partial charge is 0.465 e. The zero-order valence-electron chi connectivity index (χ0n) is 14.7. The van der Waals surface area contributed by atoms with Crippen molar-refractivity contribution in [3.8, 4) is 0 Å². The van der Waals surface area contributed by atoms with Gasteiger partial charge in [-0.05, 0) is 49.9 Å². The number of carbonyl (C=O) groups excluding carboxylic acids is 3. The summed E-state index contributed by atoms with van der Waals surface area (Å²) in [5, 5.41) is 2.86. The molecular formula is C19H25NO5. The summed E-state index contributed by atoms with van der Waals surface area (Å²) in [6, 6.07) is 5.91. The van der Waals surface area contributed by atoms with E-state index in [1.54, 1.807) is 6.92 Å². The molecular weight excluding hydrogens is 322 g/mol. The van der Waals surface area contributed by atoms with Crippen molar-refractivity contribution in [2.45, 2.75) is 45.1 Å². The number of amides is 1. The third kappa shape index (κ3) is 5.59. The highest BCUT2D eigenvalue weighted by atomic mass is 16.5. The first-order chi connectivity index (χ1) is 12.0. The van der Waals surface area contributed by atoms with Gasteiger partial charge in [0, 0.05) is 6.54 Å². The Labute approximate surface area is 147 Å². The quantitative estimate of drug-likeness (QED) is 0.800. The molecule has 1 aromatic rings. The maximum atomic E-state index is 12.1. The van der Waals surface area contributed by atoms with Gasteiger partial charge < -0.3 is 14.8 Å². The number of carbonyl (C=O) groups is 3. The van der Waals surface area contributed by atoms with Gasteiger partial charge in [0.15, 0.2) is 6.10 Å². The average Bonchev–Trinajstić information content (AvgIpc) is 2.66. The Morgan fingerprint density at radius 1 is 1.04 bits per heavy atom. The van der Waals surface area contributed by atoms with Crippen LogP contribution in [-0.4, -0.2) is 37.6 Å². The number of esters is 2. The number of hydrogen-bond acceptors (Lipinski definition) is 5. The van der Waals surface area contributed by atoms with E-state index in [9.17, 15) is 14.4 Å². The summed E-state index contributed by atoms with van der Waals surface area (Å²) in [6.07, 6.45) is 5.12. The fourth-order valence-electron chi connectivity index (χ4n) is 2.92. The molecule has 0 radical (unpaired) electrons. The van der Waals surface area contributed by atoms with Crippen molar-refractivity contribution in [3.63, 3.8) is 0 Å². The van der Waals surface area contributed by atoms with Crippen LogP contribution < -0.4 is 5.32 Å². The third-order valence-electron chi connectivity index (χ3n) is 4.48. The lowest BCUT2D eigenvalue weighted by atomic mass is 9.89. The van der Waals surface area contributed by atoms with Crippen LogP contribution in [0.2, 0.25) is 0 Å². The second-order valence-corrected chi connectivity index (χ2v) is 6.37. The number of rotatable bonds is 6. The predicted molar refractivity (Wildman–Crippen MR) is 92.2 cm³/mol. The molecule has 1 aromatic carbocycles. The van der Waals surface area contributed by atoms with Gasteiger partial charge in [-0.1, -0.05) is 19.3 Å². The van der Waals surface area contributed by atoms with Gasteiger partial charge in [-0.3, -0.25) is 4.79 Å². The van der Waals surface area contributed by atoms with Crippen LogP contribution in [0.25, 0.3) is 0 Å². The first-order valence-corrected chi connectivity index (χ1v) is 8.68. The van der Waals surface area contributed by atoms with Gasteiger partial charge in [0.1, 0.15) is 0 Å². The first-order valence-electron chi connectivity index (χ1n) is 8.68. The van der Waals surface area contributed by atoms with E-state index in [1.165, 1.54) is 50.6 Å². The minimum Gasteiger partial charge on any atom is -0.465 e. The molecule has 0 unspecified atom stereocenters. The molecule has 1 amide bonds. The Bertz CT molecular complexity index is 605. The highest BCUT2D eigenvalue weighted by molar-refractivity contribution is 5.94. The van der Waals surface area contributed by atoms with Crippen LogP contribution in [0, 0.1) is 5.92 Å². The molecule has 6 heteroatoms. The number of benzene rings is 1. The highest BCUT2D eigenvalue weighted by Crippen LogP contribution is 2.22. The van der Waals surface area contributed by atoms with Crippen LogP contribution in [0.3, 0.4) is 0 Å². The Morgan fingerprint density at radius 2 is 1.60 bits per heavy atom. The molecule has 1 aliphatic carbocycles. The van der Waals surface area contributed by atoms with E-state index >= 15 is 0 Å². The topological polar surface area (TPSA) is 81.7 Å². The van der Waals surface area contributed by atoms with Crippen molar-refractivity contribution in [3.05, 3.63) is 35.4 Å². The molecule has 0 saturated heterocycles. The molecule has 0 spiro atoms. The second kappa shape index (κ2) is 9.20. The van der Waals surface area contributed by atoms with Crippen LogP contribution in [0.1, 0.15) is 59.7 Å². The Balaban J connectivity index is 1.81. The lowest BCUT2D eigenvalue weighted by molar-refractivity contribution is -0.129. The SMILES string of the molecule is COC(=O)c1ccc(C(=O)O[C@H](C)C(=O)NCC2CCCCC2)cc1. The molecule has 0 aliphatic heterocycles. The molecule has 6 nitrogen and oxygen atoms in total. The summed E-state index contributed by atoms with van der Waals surface area (Å²) in [4.78, 5) is 35.6. The van der Waals surface area contributed by atoms with Crippen LogP contribution in [0.5, 0.6) is 0 Å². The van der Waals surface area contributed by atoms with E-state index in [1.807, 2.05) is 0 Å². The minimum absolute atomic E-state index is 0.277. The van der Waals surface area contributed by atoms with Crippen molar-refractivity contribution >= 4 is 17.8 Å². The molecule has 1 fully saturated rings. The highest BCUT2D eigenvalue weighted by Gasteiger charge is 2.21. The molecule has 25 heavy (non-hydrogen) atoms. The molecule has 0 heterocycles. The van der Waals surface area contributed by atoms with Gasteiger partial charge >= 0.3 is 11.9 Å². The maximum Gasteiger partial charge on any atom is 0.338 e. The van der Waals surface area contributed by atoms with Gasteiger partial charge in [0.2, 0.25) is 0 Å².